The molecule has 0 aliphatic carbocycles. The Bertz CT molecular complexity index is 1550. The van der Waals surface area contributed by atoms with Crippen LogP contribution in [0.15, 0.2) is 42.2 Å². The Kier molecular flexibility index (Phi) is 11.5. The Hall–Kier alpha value is -3.38. The summed E-state index contributed by atoms with van der Waals surface area (Å²) in [7, 11) is 0. The van der Waals surface area contributed by atoms with Crippen LogP contribution in [0.4, 0.5) is 0 Å². The number of aliphatic hydroxyl groups is 10. The van der Waals surface area contributed by atoms with Crippen molar-refractivity contribution in [3.8, 4) is 23.0 Å². The van der Waals surface area contributed by atoms with Gasteiger partial charge in [0.25, 0.3) is 11.9 Å². The van der Waals surface area contributed by atoms with Gasteiger partial charge in [0, 0.05) is 12.1 Å². The maximum atomic E-state index is 11.4. The van der Waals surface area contributed by atoms with E-state index in [4.69, 9.17) is 28.4 Å². The molecule has 3 saturated heterocycles. The van der Waals surface area contributed by atoms with Crippen molar-refractivity contribution in [3.63, 3.8) is 0 Å². The first-order chi connectivity index (χ1) is 24.7. The monoisotopic (exact) mass is 743 g/mol. The summed E-state index contributed by atoms with van der Waals surface area (Å²) in [6.07, 6.45) is -24.4. The van der Waals surface area contributed by atoms with Gasteiger partial charge < -0.3 is 94.4 Å². The first-order valence-corrected chi connectivity index (χ1v) is 16.4. The van der Waals surface area contributed by atoms with Crippen LogP contribution in [-0.4, -0.2) is 171 Å². The maximum absolute atomic E-state index is 11.4. The predicted molar refractivity (Wildman–Crippen MR) is 169 cm³/mol. The molecular weight excluding hydrogens is 700 g/mol. The molecular formula is C33H43O19+. The zero-order valence-corrected chi connectivity index (χ0v) is 27.5. The summed E-state index contributed by atoms with van der Waals surface area (Å²) in [6.45, 7) is 0.0361. The minimum Gasteiger partial charge on any atom is -0.571 e. The average molecular weight is 744 g/mol. The van der Waals surface area contributed by atoms with Crippen molar-refractivity contribution >= 4 is 6.08 Å². The molecule has 288 valence electrons. The minimum absolute atomic E-state index is 0.0492. The van der Waals surface area contributed by atoms with Crippen molar-refractivity contribution in [2.75, 3.05) is 13.2 Å². The summed E-state index contributed by atoms with van der Waals surface area (Å²) in [6, 6.07) is 8.17. The second kappa shape index (κ2) is 15.5. The smallest absolute Gasteiger partial charge is 0.270 e. The molecule has 0 bridgehead atoms. The van der Waals surface area contributed by atoms with Gasteiger partial charge in [-0.15, -0.1) is 0 Å². The second-order valence-corrected chi connectivity index (χ2v) is 13.0. The van der Waals surface area contributed by atoms with Crippen molar-refractivity contribution < 1.29 is 94.4 Å². The van der Waals surface area contributed by atoms with Crippen molar-refractivity contribution in [1.29, 1.82) is 0 Å². The van der Waals surface area contributed by atoms with E-state index >= 15 is 0 Å². The Balaban J connectivity index is 1.33. The molecule has 0 amide bonds. The summed E-state index contributed by atoms with van der Waals surface area (Å²) in [4.78, 5) is 0. The molecule has 4 heterocycles. The molecule has 13 N–H and O–H groups in total. The molecule has 2 aromatic carbocycles. The Morgan fingerprint density at radius 1 is 0.673 bits per heavy atom. The van der Waals surface area contributed by atoms with Crippen LogP contribution in [-0.2, 0) is 28.4 Å². The normalized spacial score (nSPS) is 40.7. The zero-order chi connectivity index (χ0) is 37.6. The fourth-order valence-electron chi connectivity index (χ4n) is 6.37. The van der Waals surface area contributed by atoms with E-state index in [1.807, 2.05) is 0 Å². The number of fused-ring (bicyclic) bond motifs is 1. The van der Waals surface area contributed by atoms with Crippen LogP contribution in [0.25, 0.3) is 6.08 Å². The van der Waals surface area contributed by atoms with Crippen LogP contribution in [0.1, 0.15) is 24.2 Å². The lowest BCUT2D eigenvalue weighted by Gasteiger charge is -2.46. The topological polar surface area (TPSA) is 311 Å². The number of benzene rings is 2. The van der Waals surface area contributed by atoms with Gasteiger partial charge in [-0.05, 0) is 31.2 Å². The van der Waals surface area contributed by atoms with Gasteiger partial charge in [0.15, 0.2) is 24.4 Å². The van der Waals surface area contributed by atoms with E-state index in [1.54, 1.807) is 0 Å². The molecule has 0 saturated carbocycles. The third kappa shape index (κ3) is 7.52. The molecule has 6 rings (SSSR count). The maximum Gasteiger partial charge on any atom is 0.270 e. The highest BCUT2D eigenvalue weighted by atomic mass is 16.8. The highest BCUT2D eigenvalue weighted by Crippen LogP contribution is 2.46. The largest absolute Gasteiger partial charge is 0.571 e. The van der Waals surface area contributed by atoms with Gasteiger partial charge in [0.05, 0.1) is 30.9 Å². The highest BCUT2D eigenvalue weighted by Gasteiger charge is 2.53. The lowest BCUT2D eigenvalue weighted by atomic mass is 9.97. The van der Waals surface area contributed by atoms with Gasteiger partial charge in [-0.3, -0.25) is 0 Å². The van der Waals surface area contributed by atoms with Gasteiger partial charge >= 0.3 is 0 Å². The SMILES string of the molecule is C[C@@H]1O[C@@H](OC[C@H]2O[C@@H](OC3=Cc4c(O)cc(O)cc4[OH+]C3c3ccc(O)cc3)[C@H](O[C@@H]3OC(CO)[C@@H](O)[C@H](O)[C@H]3O)[C@@H](O)[C@@H]2O)[C@H](O)[C@H](O)[C@H]1O. The van der Waals surface area contributed by atoms with Crippen molar-refractivity contribution in [3.05, 3.63) is 53.3 Å². The van der Waals surface area contributed by atoms with E-state index in [0.29, 0.717) is 5.56 Å². The summed E-state index contributed by atoms with van der Waals surface area (Å²) in [5.41, 5.74) is 0.558. The fraction of sp³-hybridized carbons (Fsp3) is 0.576. The molecule has 2 aromatic rings. The van der Waals surface area contributed by atoms with Gasteiger partial charge in [-0.25, -0.2) is 0 Å². The number of hydrogen-bond donors (Lipinski definition) is 12. The Morgan fingerprint density at radius 2 is 1.31 bits per heavy atom. The number of phenolic OH excluding ortho intramolecular Hbond substituents is 3. The van der Waals surface area contributed by atoms with Crippen molar-refractivity contribution in [1.82, 2.24) is 0 Å². The molecule has 2 unspecified atom stereocenters. The van der Waals surface area contributed by atoms with Crippen LogP contribution in [0.2, 0.25) is 0 Å². The van der Waals surface area contributed by atoms with E-state index in [9.17, 15) is 61.3 Å². The first-order valence-electron chi connectivity index (χ1n) is 16.4. The molecule has 0 radical (unpaired) electrons. The summed E-state index contributed by atoms with van der Waals surface area (Å²) >= 11 is 0. The van der Waals surface area contributed by atoms with Crippen LogP contribution >= 0.6 is 0 Å². The molecule has 4 aliphatic heterocycles. The van der Waals surface area contributed by atoms with Crippen LogP contribution in [0.3, 0.4) is 0 Å². The molecule has 0 aromatic heterocycles. The number of rotatable bonds is 9. The molecule has 4 aliphatic rings. The van der Waals surface area contributed by atoms with E-state index in [0.717, 1.165) is 6.07 Å². The van der Waals surface area contributed by atoms with Crippen molar-refractivity contribution in [2.24, 2.45) is 0 Å². The number of hydrogen-bond acceptors (Lipinski definition) is 18. The minimum atomic E-state index is -1.94. The third-order valence-electron chi connectivity index (χ3n) is 9.42. The highest BCUT2D eigenvalue weighted by molar-refractivity contribution is 5.69. The van der Waals surface area contributed by atoms with Crippen LogP contribution in [0.5, 0.6) is 23.0 Å². The number of aliphatic hydroxyl groups excluding tert-OH is 9. The average Bonchev–Trinajstić information content (AvgIpc) is 3.12. The molecule has 19 nitrogen and oxygen atoms in total. The van der Waals surface area contributed by atoms with Crippen molar-refractivity contribution in [2.45, 2.75) is 105 Å². The Labute approximate surface area is 295 Å². The van der Waals surface area contributed by atoms with E-state index in [2.05, 4.69) is 4.74 Å². The molecule has 16 atom stereocenters. The lowest BCUT2D eigenvalue weighted by molar-refractivity contribution is -0.369. The van der Waals surface area contributed by atoms with E-state index in [1.165, 1.54) is 43.3 Å². The standard InChI is InChI=1S/C33H42O19/c1-11-21(38)24(41)27(44)31(47-11)46-10-20-23(40)26(43)30(52-32-28(45)25(42)22(39)19(9-34)50-32)33(51-20)49-18-8-15-16(37)6-14(36)7-17(15)48-29(18)12-2-4-13(35)5-3-12/h2-8,11,19-45H,9-10H2,1H3/p+1/t11-,19?,20+,21-,22+,23+,24+,25-,26-,27+,28+,29?,30+,31+,32-,33+/m0/s1. The van der Waals surface area contributed by atoms with E-state index < -0.39 is 111 Å². The van der Waals surface area contributed by atoms with Gasteiger partial charge in [-0.1, -0.05) is 0 Å². The quantitative estimate of drug-likeness (QED) is 0.112. The lowest BCUT2D eigenvalue weighted by Crippen LogP contribution is -2.65. The third-order valence-corrected chi connectivity index (χ3v) is 9.42. The fourth-order valence-corrected chi connectivity index (χ4v) is 6.37. The molecule has 52 heavy (non-hydrogen) atoms. The number of aromatic hydroxyl groups is 4. The molecule has 19 heteroatoms. The predicted octanol–water partition coefficient (Wildman–Crippen LogP) is -3.37. The molecule has 0 spiro atoms. The number of ether oxygens (including phenoxy) is 7. The molecule has 3 fully saturated rings. The van der Waals surface area contributed by atoms with Gasteiger partial charge in [0.2, 0.25) is 6.29 Å². The van der Waals surface area contributed by atoms with E-state index in [-0.39, 0.29) is 34.3 Å². The zero-order valence-electron chi connectivity index (χ0n) is 27.5. The number of phenols is 3. The summed E-state index contributed by atoms with van der Waals surface area (Å²) < 4.78 is 39.3. The van der Waals surface area contributed by atoms with Crippen LogP contribution < -0.4 is 0 Å². The Morgan fingerprint density at radius 3 is 2.00 bits per heavy atom. The summed E-state index contributed by atoms with van der Waals surface area (Å²) in [5.74, 6) is -0.609. The van der Waals surface area contributed by atoms with Crippen LogP contribution in [0, 0.1) is 0 Å². The first kappa shape index (κ1) is 38.3. The second-order valence-electron chi connectivity index (χ2n) is 13.0. The van der Waals surface area contributed by atoms with Gasteiger partial charge in [0.1, 0.15) is 83.9 Å². The summed E-state index contributed by atoms with van der Waals surface area (Å²) in [5, 5.41) is 125. The van der Waals surface area contributed by atoms with Gasteiger partial charge in [-0.2, -0.15) is 0 Å².